The summed E-state index contributed by atoms with van der Waals surface area (Å²) in [7, 11) is 1.59. The first-order valence-corrected chi connectivity index (χ1v) is 9.91. The number of nitrogens with zero attached hydrogens (tertiary/aromatic N) is 3. The molecule has 180 valence electrons. The lowest BCUT2D eigenvalue weighted by atomic mass is 10.0. The predicted octanol–water partition coefficient (Wildman–Crippen LogP) is 3.49. The van der Waals surface area contributed by atoms with Crippen LogP contribution in [0.15, 0.2) is 53.3 Å². The van der Waals surface area contributed by atoms with Crippen molar-refractivity contribution in [2.75, 3.05) is 13.7 Å². The van der Waals surface area contributed by atoms with Crippen LogP contribution in [0.5, 0.6) is 11.5 Å². The summed E-state index contributed by atoms with van der Waals surface area (Å²) in [6.45, 7) is 1.30. The lowest BCUT2D eigenvalue weighted by molar-refractivity contribution is -0.192. The van der Waals surface area contributed by atoms with Crippen LogP contribution in [0, 0.1) is 0 Å². The van der Waals surface area contributed by atoms with Gasteiger partial charge in [0.1, 0.15) is 29.6 Å². The van der Waals surface area contributed by atoms with E-state index in [0.29, 0.717) is 42.3 Å². The summed E-state index contributed by atoms with van der Waals surface area (Å²) in [5, 5.41) is 11.3. The predicted molar refractivity (Wildman–Crippen MR) is 110 cm³/mol. The average Bonchev–Trinajstić information content (AvgIpc) is 3.25. The van der Waals surface area contributed by atoms with Crippen LogP contribution in [0.25, 0.3) is 0 Å². The summed E-state index contributed by atoms with van der Waals surface area (Å²) >= 11 is 0. The van der Waals surface area contributed by atoms with Gasteiger partial charge in [0.15, 0.2) is 0 Å². The van der Waals surface area contributed by atoms with E-state index in [1.807, 2.05) is 24.3 Å². The minimum Gasteiger partial charge on any atom is -0.497 e. The molecular weight excluding hydrogens is 459 g/mol. The maximum Gasteiger partial charge on any atom is 0.490 e. The number of amides is 1. The zero-order chi connectivity index (χ0) is 24.7. The van der Waals surface area contributed by atoms with E-state index in [1.54, 1.807) is 36.5 Å². The number of benzene rings is 1. The molecule has 0 fully saturated rings. The van der Waals surface area contributed by atoms with Gasteiger partial charge in [-0.2, -0.15) is 13.2 Å². The number of pyridine rings is 1. The van der Waals surface area contributed by atoms with Gasteiger partial charge in [0.25, 0.3) is 5.91 Å². The Balaban J connectivity index is 0.000000406. The fraction of sp³-hybridized carbons (Fsp3) is 0.273. The van der Waals surface area contributed by atoms with Crippen LogP contribution in [0.3, 0.4) is 0 Å². The van der Waals surface area contributed by atoms with Crippen LogP contribution in [0.1, 0.15) is 27.4 Å². The second-order valence-corrected chi connectivity index (χ2v) is 7.02. The van der Waals surface area contributed by atoms with Crippen LogP contribution >= 0.6 is 0 Å². The molecule has 34 heavy (non-hydrogen) atoms. The second-order valence-electron chi connectivity index (χ2n) is 7.02. The van der Waals surface area contributed by atoms with Crippen LogP contribution in [0.4, 0.5) is 13.2 Å². The number of aromatic nitrogens is 2. The molecule has 1 amide bonds. The van der Waals surface area contributed by atoms with Crippen molar-refractivity contribution < 1.29 is 41.9 Å². The normalized spacial score (nSPS) is 12.8. The molecule has 1 aromatic carbocycles. The highest BCUT2D eigenvalue weighted by atomic mass is 19.4. The lowest BCUT2D eigenvalue weighted by Crippen LogP contribution is -2.36. The fourth-order valence-corrected chi connectivity index (χ4v) is 3.07. The molecule has 12 heteroatoms. The molecule has 4 rings (SSSR count). The Morgan fingerprint density at radius 1 is 1.21 bits per heavy atom. The van der Waals surface area contributed by atoms with E-state index in [2.05, 4.69) is 10.1 Å². The van der Waals surface area contributed by atoms with Gasteiger partial charge in [-0.25, -0.2) is 4.79 Å². The highest BCUT2D eigenvalue weighted by Gasteiger charge is 2.38. The molecule has 0 bridgehead atoms. The van der Waals surface area contributed by atoms with Crippen molar-refractivity contribution in [1.29, 1.82) is 0 Å². The van der Waals surface area contributed by atoms with Crippen molar-refractivity contribution in [3.05, 3.63) is 71.4 Å². The van der Waals surface area contributed by atoms with E-state index in [4.69, 9.17) is 23.9 Å². The first kappa shape index (κ1) is 24.6. The molecule has 0 saturated carbocycles. The van der Waals surface area contributed by atoms with Gasteiger partial charge in [0.05, 0.1) is 19.9 Å². The number of aliphatic carboxylic acids is 1. The maximum absolute atomic E-state index is 12.9. The highest BCUT2D eigenvalue weighted by Crippen LogP contribution is 2.25. The number of methoxy groups -OCH3 is 1. The number of fused-ring (bicyclic) bond motifs is 1. The quantitative estimate of drug-likeness (QED) is 0.592. The molecule has 0 atom stereocenters. The van der Waals surface area contributed by atoms with E-state index >= 15 is 0 Å². The smallest absolute Gasteiger partial charge is 0.490 e. The fourth-order valence-electron chi connectivity index (χ4n) is 3.07. The number of carbonyl (C=O) groups is 2. The lowest BCUT2D eigenvalue weighted by Gasteiger charge is -2.26. The standard InChI is InChI=1S/C20H19N3O4.C2HF3O2/c1-25-15-5-2-4-14(10-15)20(24)23-9-7-19-17(12-23)18(22-27-19)13-26-16-6-3-8-21-11-16;3-2(4,5)1(6)7/h2-6,8,10-11H,7,9,12-13H2,1H3;(H,6,7). The molecule has 9 nitrogen and oxygen atoms in total. The summed E-state index contributed by atoms with van der Waals surface area (Å²) in [6, 6.07) is 10.8. The van der Waals surface area contributed by atoms with E-state index in [0.717, 1.165) is 11.3 Å². The van der Waals surface area contributed by atoms with Gasteiger partial charge in [0, 0.05) is 30.3 Å². The Morgan fingerprint density at radius 3 is 2.59 bits per heavy atom. The third kappa shape index (κ3) is 6.24. The molecule has 3 aromatic rings. The van der Waals surface area contributed by atoms with Crippen LogP contribution < -0.4 is 9.47 Å². The Morgan fingerprint density at radius 2 is 1.94 bits per heavy atom. The number of carboxylic acids is 1. The first-order valence-electron chi connectivity index (χ1n) is 9.91. The van der Waals surface area contributed by atoms with Crippen molar-refractivity contribution in [1.82, 2.24) is 15.0 Å². The SMILES string of the molecule is COc1cccc(C(=O)N2CCc3onc(COc4cccnc4)c3C2)c1.O=C(O)C(F)(F)F. The van der Waals surface area contributed by atoms with E-state index < -0.39 is 12.1 Å². The van der Waals surface area contributed by atoms with Gasteiger partial charge in [-0.1, -0.05) is 11.2 Å². The zero-order valence-electron chi connectivity index (χ0n) is 17.9. The Labute approximate surface area is 191 Å². The summed E-state index contributed by atoms with van der Waals surface area (Å²) < 4.78 is 48.1. The number of halogens is 3. The van der Waals surface area contributed by atoms with E-state index in [1.165, 1.54) is 0 Å². The van der Waals surface area contributed by atoms with Crippen molar-refractivity contribution in [3.8, 4) is 11.5 Å². The van der Waals surface area contributed by atoms with E-state index in [-0.39, 0.29) is 12.5 Å². The van der Waals surface area contributed by atoms with Crippen molar-refractivity contribution in [2.24, 2.45) is 0 Å². The summed E-state index contributed by atoms with van der Waals surface area (Å²) in [6.07, 6.45) is -1.12. The van der Waals surface area contributed by atoms with Crippen LogP contribution in [-0.2, 0) is 24.4 Å². The third-order valence-corrected chi connectivity index (χ3v) is 4.77. The van der Waals surface area contributed by atoms with Gasteiger partial charge in [0.2, 0.25) is 0 Å². The Kier molecular flexibility index (Phi) is 7.71. The molecule has 0 radical (unpaired) electrons. The molecule has 1 aliphatic rings. The van der Waals surface area contributed by atoms with Crippen molar-refractivity contribution >= 4 is 11.9 Å². The van der Waals surface area contributed by atoms with Gasteiger partial charge in [-0.05, 0) is 30.3 Å². The summed E-state index contributed by atoms with van der Waals surface area (Å²) in [5.74, 6) is -0.662. The molecule has 0 unspecified atom stereocenters. The van der Waals surface area contributed by atoms with Crippen LogP contribution in [-0.4, -0.2) is 51.9 Å². The van der Waals surface area contributed by atoms with Gasteiger partial charge in [-0.15, -0.1) is 0 Å². The largest absolute Gasteiger partial charge is 0.497 e. The first-order chi connectivity index (χ1) is 16.2. The summed E-state index contributed by atoms with van der Waals surface area (Å²) in [5.41, 5.74) is 2.22. The van der Waals surface area contributed by atoms with E-state index in [9.17, 15) is 18.0 Å². The van der Waals surface area contributed by atoms with Gasteiger partial charge >= 0.3 is 12.1 Å². The molecular formula is C22H20F3N3O6. The Bertz CT molecular complexity index is 1130. The minimum absolute atomic E-state index is 0.0418. The number of alkyl halides is 3. The molecule has 2 aromatic heterocycles. The van der Waals surface area contributed by atoms with Crippen molar-refractivity contribution in [3.63, 3.8) is 0 Å². The number of ether oxygens (including phenoxy) is 2. The Hall–Kier alpha value is -4.09. The third-order valence-electron chi connectivity index (χ3n) is 4.77. The maximum atomic E-state index is 12.9. The number of hydrogen-bond donors (Lipinski definition) is 1. The number of carboxylic acid groups (broad SMARTS) is 1. The number of rotatable bonds is 5. The van der Waals surface area contributed by atoms with Gasteiger partial charge < -0.3 is 24.0 Å². The molecule has 1 aliphatic heterocycles. The molecule has 0 saturated heterocycles. The van der Waals surface area contributed by atoms with Crippen molar-refractivity contribution in [2.45, 2.75) is 25.7 Å². The summed E-state index contributed by atoms with van der Waals surface area (Å²) in [4.78, 5) is 27.6. The molecule has 3 heterocycles. The highest BCUT2D eigenvalue weighted by molar-refractivity contribution is 5.94. The monoisotopic (exact) mass is 479 g/mol. The molecule has 0 aliphatic carbocycles. The zero-order valence-corrected chi connectivity index (χ0v) is 17.9. The van der Waals surface area contributed by atoms with Gasteiger partial charge in [-0.3, -0.25) is 9.78 Å². The number of hydrogen-bond acceptors (Lipinski definition) is 7. The molecule has 0 spiro atoms. The molecule has 1 N–H and O–H groups in total. The second kappa shape index (κ2) is 10.7. The van der Waals surface area contributed by atoms with Crippen LogP contribution in [0.2, 0.25) is 0 Å². The minimum atomic E-state index is -5.08. The average molecular weight is 479 g/mol. The number of carbonyl (C=O) groups excluding carboxylic acids is 1. The topological polar surface area (TPSA) is 115 Å².